The van der Waals surface area contributed by atoms with Gasteiger partial charge in [-0.25, -0.2) is 9.07 Å². The van der Waals surface area contributed by atoms with Crippen LogP contribution in [0.1, 0.15) is 11.1 Å². The number of anilines is 1. The van der Waals surface area contributed by atoms with Crippen LogP contribution >= 0.6 is 0 Å². The van der Waals surface area contributed by atoms with Crippen LogP contribution in [0.25, 0.3) is 5.69 Å². The van der Waals surface area contributed by atoms with E-state index in [1.807, 2.05) is 30.3 Å². The zero-order valence-electron chi connectivity index (χ0n) is 14.7. The number of carbonyl (C=O) groups excluding carboxylic acids is 1. The first-order valence-corrected chi connectivity index (χ1v) is 8.56. The van der Waals surface area contributed by atoms with Crippen molar-refractivity contribution in [1.82, 2.24) is 30.0 Å². The first-order valence-electron chi connectivity index (χ1n) is 8.56. The van der Waals surface area contributed by atoms with Crippen LogP contribution in [0, 0.1) is 5.82 Å². The second kappa shape index (κ2) is 7.78. The van der Waals surface area contributed by atoms with Crippen molar-refractivity contribution in [2.45, 2.75) is 13.0 Å². The third kappa shape index (κ3) is 4.26. The highest BCUT2D eigenvalue weighted by molar-refractivity contribution is 5.91. The lowest BCUT2D eigenvalue weighted by molar-refractivity contribution is -0.115. The van der Waals surface area contributed by atoms with Gasteiger partial charge >= 0.3 is 0 Å². The molecule has 0 fully saturated rings. The van der Waals surface area contributed by atoms with Crippen LogP contribution in [0.2, 0.25) is 0 Å². The summed E-state index contributed by atoms with van der Waals surface area (Å²) < 4.78 is 16.4. The highest BCUT2D eigenvalue weighted by Gasteiger charge is 2.08. The molecular formula is C19H16FN7O. The molecule has 0 saturated carbocycles. The molecule has 2 heterocycles. The van der Waals surface area contributed by atoms with Crippen LogP contribution in [-0.4, -0.2) is 35.9 Å². The van der Waals surface area contributed by atoms with Gasteiger partial charge in [-0.1, -0.05) is 24.3 Å². The Morgan fingerprint density at radius 3 is 2.68 bits per heavy atom. The SMILES string of the molecule is O=C(Cc1ccc(-n2cnnn2)cc1)Nc1ccn(Cc2cccc(F)c2)n1. The Hall–Kier alpha value is -3.88. The van der Waals surface area contributed by atoms with Gasteiger partial charge in [0.1, 0.15) is 12.1 Å². The summed E-state index contributed by atoms with van der Waals surface area (Å²) in [5, 5.41) is 18.1. The topological polar surface area (TPSA) is 90.5 Å². The second-order valence-electron chi connectivity index (χ2n) is 6.17. The number of hydrogen-bond donors (Lipinski definition) is 1. The predicted molar refractivity (Wildman–Crippen MR) is 99.2 cm³/mol. The van der Waals surface area contributed by atoms with Gasteiger partial charge in [0.15, 0.2) is 5.82 Å². The summed E-state index contributed by atoms with van der Waals surface area (Å²) in [4.78, 5) is 12.3. The Morgan fingerprint density at radius 1 is 1.07 bits per heavy atom. The monoisotopic (exact) mass is 377 g/mol. The van der Waals surface area contributed by atoms with Gasteiger partial charge in [0.25, 0.3) is 0 Å². The number of nitrogens with one attached hydrogen (secondary N) is 1. The maximum atomic E-state index is 13.3. The minimum Gasteiger partial charge on any atom is -0.309 e. The van der Waals surface area contributed by atoms with Crippen molar-refractivity contribution in [3.63, 3.8) is 0 Å². The fourth-order valence-electron chi connectivity index (χ4n) is 2.76. The number of tetrazole rings is 1. The largest absolute Gasteiger partial charge is 0.309 e. The quantitative estimate of drug-likeness (QED) is 0.556. The van der Waals surface area contributed by atoms with Crippen molar-refractivity contribution in [2.24, 2.45) is 0 Å². The molecule has 0 aliphatic rings. The lowest BCUT2D eigenvalue weighted by atomic mass is 10.1. The molecule has 0 saturated heterocycles. The molecule has 0 aliphatic heterocycles. The van der Waals surface area contributed by atoms with Gasteiger partial charge in [0, 0.05) is 12.3 Å². The van der Waals surface area contributed by atoms with E-state index in [0.717, 1.165) is 16.8 Å². The molecule has 4 aromatic rings. The number of hydrogen-bond acceptors (Lipinski definition) is 5. The summed E-state index contributed by atoms with van der Waals surface area (Å²) in [5.74, 6) is -0.0119. The maximum absolute atomic E-state index is 13.3. The van der Waals surface area contributed by atoms with E-state index in [4.69, 9.17) is 0 Å². The van der Waals surface area contributed by atoms with Gasteiger partial charge in [-0.15, -0.1) is 5.10 Å². The van der Waals surface area contributed by atoms with Crippen molar-refractivity contribution in [2.75, 3.05) is 5.32 Å². The Bertz CT molecular complexity index is 1070. The lowest BCUT2D eigenvalue weighted by Crippen LogP contribution is -2.15. The van der Waals surface area contributed by atoms with Crippen LogP contribution < -0.4 is 5.32 Å². The van der Waals surface area contributed by atoms with E-state index in [-0.39, 0.29) is 18.1 Å². The number of rotatable bonds is 6. The van der Waals surface area contributed by atoms with E-state index in [1.165, 1.54) is 23.1 Å². The van der Waals surface area contributed by atoms with Crippen LogP contribution in [0.15, 0.2) is 67.1 Å². The van der Waals surface area contributed by atoms with Crippen LogP contribution in [0.5, 0.6) is 0 Å². The van der Waals surface area contributed by atoms with Crippen LogP contribution in [0.3, 0.4) is 0 Å². The number of aromatic nitrogens is 6. The smallest absolute Gasteiger partial charge is 0.229 e. The van der Waals surface area contributed by atoms with Gasteiger partial charge in [0.05, 0.1) is 18.7 Å². The molecule has 0 spiro atoms. The molecule has 0 atom stereocenters. The van der Waals surface area contributed by atoms with E-state index in [1.54, 1.807) is 23.0 Å². The summed E-state index contributed by atoms with van der Waals surface area (Å²) in [6.07, 6.45) is 3.45. The first kappa shape index (κ1) is 17.5. The fraction of sp³-hybridized carbons (Fsp3) is 0.105. The molecule has 28 heavy (non-hydrogen) atoms. The highest BCUT2D eigenvalue weighted by Crippen LogP contribution is 2.11. The van der Waals surface area contributed by atoms with Crippen molar-refractivity contribution in [1.29, 1.82) is 0 Å². The molecular weight excluding hydrogens is 361 g/mol. The molecule has 0 aliphatic carbocycles. The minimum atomic E-state index is -0.288. The standard InChI is InChI=1S/C19H16FN7O/c20-16-3-1-2-15(10-16)12-26-9-8-18(23-26)22-19(28)11-14-4-6-17(7-5-14)27-13-21-24-25-27/h1-10,13H,11-12H2,(H,22,23,28). The number of carbonyl (C=O) groups is 1. The second-order valence-corrected chi connectivity index (χ2v) is 6.17. The molecule has 140 valence electrons. The molecule has 4 rings (SSSR count). The fourth-order valence-corrected chi connectivity index (χ4v) is 2.76. The summed E-state index contributed by atoms with van der Waals surface area (Å²) in [5.41, 5.74) is 2.46. The molecule has 0 unspecified atom stereocenters. The normalized spacial score (nSPS) is 10.8. The van der Waals surface area contributed by atoms with Gasteiger partial charge in [-0.05, 0) is 45.8 Å². The summed E-state index contributed by atoms with van der Waals surface area (Å²) in [6, 6.07) is 15.4. The predicted octanol–water partition coefficient (Wildman–Crippen LogP) is 2.23. The minimum absolute atomic E-state index is 0.175. The van der Waals surface area contributed by atoms with Gasteiger partial charge in [-0.3, -0.25) is 9.48 Å². The highest BCUT2D eigenvalue weighted by atomic mass is 19.1. The summed E-state index contributed by atoms with van der Waals surface area (Å²) >= 11 is 0. The molecule has 1 amide bonds. The average molecular weight is 377 g/mol. The van der Waals surface area contributed by atoms with E-state index in [2.05, 4.69) is 25.9 Å². The number of halogens is 1. The Labute approximate surface area is 159 Å². The lowest BCUT2D eigenvalue weighted by Gasteiger charge is -2.05. The van der Waals surface area contributed by atoms with E-state index >= 15 is 0 Å². The maximum Gasteiger partial charge on any atom is 0.229 e. The molecule has 1 N–H and O–H groups in total. The number of amides is 1. The molecule has 9 heteroatoms. The Balaban J connectivity index is 1.34. The van der Waals surface area contributed by atoms with Crippen molar-refractivity contribution in [3.05, 3.63) is 84.1 Å². The molecule has 0 bridgehead atoms. The zero-order chi connectivity index (χ0) is 19.3. The van der Waals surface area contributed by atoms with Crippen molar-refractivity contribution < 1.29 is 9.18 Å². The molecule has 2 aromatic heterocycles. The molecule has 0 radical (unpaired) electrons. The average Bonchev–Trinajstić information content (AvgIpc) is 3.35. The van der Waals surface area contributed by atoms with E-state index in [9.17, 15) is 9.18 Å². The van der Waals surface area contributed by atoms with Crippen molar-refractivity contribution >= 4 is 11.7 Å². The van der Waals surface area contributed by atoms with Crippen molar-refractivity contribution in [3.8, 4) is 5.69 Å². The Kier molecular flexibility index (Phi) is 4.87. The number of nitrogens with zero attached hydrogens (tertiary/aromatic N) is 6. The third-order valence-corrected chi connectivity index (χ3v) is 4.06. The van der Waals surface area contributed by atoms with Crippen LogP contribution in [-0.2, 0) is 17.8 Å². The van der Waals surface area contributed by atoms with Gasteiger partial charge in [-0.2, -0.15) is 5.10 Å². The van der Waals surface area contributed by atoms with Crippen LogP contribution in [0.4, 0.5) is 10.2 Å². The molecule has 8 nitrogen and oxygen atoms in total. The summed E-state index contributed by atoms with van der Waals surface area (Å²) in [6.45, 7) is 0.423. The first-order chi connectivity index (χ1) is 13.7. The van der Waals surface area contributed by atoms with Gasteiger partial charge in [0.2, 0.25) is 5.91 Å². The number of benzene rings is 2. The van der Waals surface area contributed by atoms with E-state index in [0.29, 0.717) is 12.4 Å². The van der Waals surface area contributed by atoms with E-state index < -0.39 is 0 Å². The summed E-state index contributed by atoms with van der Waals surface area (Å²) in [7, 11) is 0. The van der Waals surface area contributed by atoms with Gasteiger partial charge < -0.3 is 5.32 Å². The third-order valence-electron chi connectivity index (χ3n) is 4.06. The zero-order valence-corrected chi connectivity index (χ0v) is 14.7. The molecule has 2 aromatic carbocycles. The Morgan fingerprint density at radius 2 is 1.93 bits per heavy atom.